The molecule has 2 fully saturated rings. The first-order valence-electron chi connectivity index (χ1n) is 12.9. The van der Waals surface area contributed by atoms with E-state index in [0.717, 1.165) is 66.9 Å². The summed E-state index contributed by atoms with van der Waals surface area (Å²) in [7, 11) is 1.76. The second-order valence-corrected chi connectivity index (χ2v) is 11.9. The Morgan fingerprint density at radius 2 is 2.16 bits per heavy atom. The summed E-state index contributed by atoms with van der Waals surface area (Å²) in [5.41, 5.74) is 11.3. The zero-order valence-electron chi connectivity index (χ0n) is 21.2. The molecule has 11 heteroatoms. The highest BCUT2D eigenvalue weighted by Gasteiger charge is 2.47. The third-order valence-electron chi connectivity index (χ3n) is 8.43. The van der Waals surface area contributed by atoms with Crippen molar-refractivity contribution in [2.75, 3.05) is 31.7 Å². The van der Waals surface area contributed by atoms with Crippen LogP contribution in [0.3, 0.4) is 0 Å². The van der Waals surface area contributed by atoms with E-state index in [-0.39, 0.29) is 30.3 Å². The molecule has 1 aliphatic carbocycles. The van der Waals surface area contributed by atoms with E-state index in [9.17, 15) is 5.11 Å². The Morgan fingerprint density at radius 1 is 1.35 bits per heavy atom. The van der Waals surface area contributed by atoms with Crippen molar-refractivity contribution in [1.29, 1.82) is 0 Å². The molecule has 37 heavy (non-hydrogen) atoms. The molecule has 3 aromatic heterocycles. The number of aromatic amines is 1. The molecule has 3 atom stereocenters. The first-order chi connectivity index (χ1) is 17.9. The lowest BCUT2D eigenvalue weighted by Crippen LogP contribution is -2.51. The van der Waals surface area contributed by atoms with E-state index >= 15 is 0 Å². The van der Waals surface area contributed by atoms with Crippen molar-refractivity contribution in [1.82, 2.24) is 19.9 Å². The van der Waals surface area contributed by atoms with Crippen LogP contribution in [0.1, 0.15) is 43.1 Å². The molecular weight excluding hydrogens is 512 g/mol. The number of H-pyrrole nitrogens is 1. The van der Waals surface area contributed by atoms with Gasteiger partial charge >= 0.3 is 0 Å². The molecule has 4 N–H and O–H groups in total. The van der Waals surface area contributed by atoms with Gasteiger partial charge in [0, 0.05) is 49.3 Å². The summed E-state index contributed by atoms with van der Waals surface area (Å²) >= 11 is 8.03. The fourth-order valence-electron chi connectivity index (χ4n) is 6.09. The first-order valence-corrected chi connectivity index (χ1v) is 14.1. The number of hydrogen-bond acceptors (Lipinski definition) is 9. The van der Waals surface area contributed by atoms with Crippen LogP contribution in [0, 0.1) is 5.41 Å². The van der Waals surface area contributed by atoms with Crippen molar-refractivity contribution >= 4 is 40.2 Å². The number of aryl methyl sites for hydroxylation is 1. The van der Waals surface area contributed by atoms with Crippen molar-refractivity contribution in [2.24, 2.45) is 11.1 Å². The van der Waals surface area contributed by atoms with Gasteiger partial charge in [-0.3, -0.25) is 0 Å². The van der Waals surface area contributed by atoms with E-state index in [4.69, 9.17) is 41.8 Å². The average Bonchev–Trinajstić information content (AvgIpc) is 3.40. The maximum atomic E-state index is 10.1. The predicted molar refractivity (Wildman–Crippen MR) is 143 cm³/mol. The number of nitrogens with two attached hydrogens (primary N) is 1. The quantitative estimate of drug-likeness (QED) is 0.414. The van der Waals surface area contributed by atoms with Gasteiger partial charge in [0.25, 0.3) is 0 Å². The van der Waals surface area contributed by atoms with Crippen LogP contribution in [0.5, 0.6) is 0 Å². The Balaban J connectivity index is 1.21. The van der Waals surface area contributed by atoms with Gasteiger partial charge < -0.3 is 30.2 Å². The van der Waals surface area contributed by atoms with Gasteiger partial charge in [-0.1, -0.05) is 23.4 Å². The summed E-state index contributed by atoms with van der Waals surface area (Å²) < 4.78 is 11.4. The van der Waals surface area contributed by atoms with Crippen LogP contribution in [0.25, 0.3) is 11.0 Å². The number of hydrogen-bond donors (Lipinski definition) is 3. The number of aromatic nitrogens is 4. The normalized spacial score (nSPS) is 25.2. The largest absolute Gasteiger partial charge is 0.390 e. The van der Waals surface area contributed by atoms with Crippen molar-refractivity contribution in [2.45, 2.75) is 73.8 Å². The smallest absolute Gasteiger partial charge is 0.152 e. The number of ether oxygens (including phenoxy) is 2. The number of anilines is 1. The molecule has 0 amide bonds. The number of methoxy groups -OCH3 is 1. The fraction of sp³-hybridized carbons (Fsp3) is 0.577. The lowest BCUT2D eigenvalue weighted by Gasteiger charge is -2.41. The number of fused-ring (bicyclic) bond motifs is 3. The lowest BCUT2D eigenvalue weighted by molar-refractivity contribution is 0.0911. The van der Waals surface area contributed by atoms with Crippen LogP contribution in [-0.4, -0.2) is 70.1 Å². The Bertz CT molecular complexity index is 1310. The van der Waals surface area contributed by atoms with Crippen LogP contribution in [0.4, 0.5) is 5.82 Å². The molecule has 1 unspecified atom stereocenters. The second kappa shape index (κ2) is 9.98. The van der Waals surface area contributed by atoms with Crippen molar-refractivity contribution < 1.29 is 14.6 Å². The van der Waals surface area contributed by atoms with Gasteiger partial charge in [0.2, 0.25) is 0 Å². The fourth-order valence-corrected chi connectivity index (χ4v) is 7.14. The highest BCUT2D eigenvalue weighted by Crippen LogP contribution is 2.42. The molecule has 2 saturated heterocycles. The van der Waals surface area contributed by atoms with Gasteiger partial charge in [0.1, 0.15) is 15.9 Å². The minimum Gasteiger partial charge on any atom is -0.390 e. The highest BCUT2D eigenvalue weighted by atomic mass is 35.5. The van der Waals surface area contributed by atoms with Gasteiger partial charge in [-0.25, -0.2) is 15.0 Å². The topological polar surface area (TPSA) is 122 Å². The summed E-state index contributed by atoms with van der Waals surface area (Å²) in [5.74, 6) is 0.728. The van der Waals surface area contributed by atoms with Crippen LogP contribution in [0.2, 0.25) is 5.15 Å². The van der Waals surface area contributed by atoms with E-state index < -0.39 is 0 Å². The van der Waals surface area contributed by atoms with E-state index in [2.05, 4.69) is 16.8 Å². The number of nitrogens with one attached hydrogen (secondary N) is 1. The first kappa shape index (κ1) is 25.3. The molecule has 3 aliphatic rings. The molecule has 9 nitrogen and oxygen atoms in total. The van der Waals surface area contributed by atoms with E-state index in [1.807, 2.05) is 6.07 Å². The van der Waals surface area contributed by atoms with Crippen molar-refractivity contribution in [3.63, 3.8) is 0 Å². The van der Waals surface area contributed by atoms with Crippen LogP contribution in [0.15, 0.2) is 22.2 Å². The molecule has 5 heterocycles. The standard InChI is InChI=1S/C26H33ClN6O3S/c1-14-23(28)26(13-36-14)5-7-33(8-6-26)25-19(12-34)31-21(11-29-25)37-20-10-18-22(32-24(20)27)16-9-15(35-2)3-4-17(16)30-18/h10-11,14-15,23,30,34H,3-9,12-13,28H2,1-2H3/t14-,15?,23+/m0/s1. The van der Waals surface area contributed by atoms with Gasteiger partial charge in [0.15, 0.2) is 5.82 Å². The average molecular weight is 545 g/mol. The molecule has 0 bridgehead atoms. The predicted octanol–water partition coefficient (Wildman–Crippen LogP) is 3.49. The molecule has 6 rings (SSSR count). The number of aliphatic hydroxyl groups is 1. The minimum atomic E-state index is -0.187. The maximum absolute atomic E-state index is 10.1. The summed E-state index contributed by atoms with van der Waals surface area (Å²) in [5, 5.41) is 11.2. The number of rotatable bonds is 5. The van der Waals surface area contributed by atoms with E-state index in [1.165, 1.54) is 23.0 Å². The maximum Gasteiger partial charge on any atom is 0.152 e. The number of aliphatic hydroxyl groups excluding tert-OH is 1. The zero-order chi connectivity index (χ0) is 25.7. The molecule has 198 valence electrons. The second-order valence-electron chi connectivity index (χ2n) is 10.5. The van der Waals surface area contributed by atoms with Crippen molar-refractivity contribution in [3.8, 4) is 0 Å². The number of piperidine rings is 1. The van der Waals surface area contributed by atoms with Gasteiger partial charge in [0.05, 0.1) is 47.5 Å². The molecule has 0 aromatic carbocycles. The molecule has 2 aliphatic heterocycles. The highest BCUT2D eigenvalue weighted by molar-refractivity contribution is 7.99. The van der Waals surface area contributed by atoms with Gasteiger partial charge in [-0.15, -0.1) is 0 Å². The molecular formula is C26H33ClN6O3S. The monoisotopic (exact) mass is 544 g/mol. The third kappa shape index (κ3) is 4.51. The van der Waals surface area contributed by atoms with Crippen LogP contribution >= 0.6 is 23.4 Å². The van der Waals surface area contributed by atoms with Gasteiger partial charge in [-0.2, -0.15) is 0 Å². The van der Waals surface area contributed by atoms with Crippen molar-refractivity contribution in [3.05, 3.63) is 34.4 Å². The summed E-state index contributed by atoms with van der Waals surface area (Å²) in [6.07, 6.45) is 6.70. The van der Waals surface area contributed by atoms with E-state index in [0.29, 0.717) is 22.5 Å². The summed E-state index contributed by atoms with van der Waals surface area (Å²) in [6, 6.07) is 2.08. The summed E-state index contributed by atoms with van der Waals surface area (Å²) in [6.45, 7) is 4.20. The summed E-state index contributed by atoms with van der Waals surface area (Å²) in [4.78, 5) is 20.7. The number of nitrogens with zero attached hydrogens (tertiary/aromatic N) is 4. The van der Waals surface area contributed by atoms with Gasteiger partial charge in [-0.05, 0) is 38.7 Å². The van der Waals surface area contributed by atoms with Crippen LogP contribution in [-0.2, 0) is 28.9 Å². The molecule has 1 spiro atoms. The zero-order valence-corrected chi connectivity index (χ0v) is 22.7. The lowest BCUT2D eigenvalue weighted by atomic mass is 9.73. The Labute approximate surface area is 225 Å². The number of halogens is 1. The minimum absolute atomic E-state index is 0.0302. The Kier molecular flexibility index (Phi) is 6.83. The Hall–Kier alpha value is -1.95. The molecule has 0 saturated carbocycles. The SMILES string of the molecule is COC1CCc2[nH]c3cc(Sc4cnc(N5CCC6(CC5)CO[C@@H](C)[C@H]6N)c(CO)n4)c(Cl)nc3c2C1. The molecule has 3 aromatic rings. The molecule has 0 radical (unpaired) electrons. The Morgan fingerprint density at radius 3 is 2.86 bits per heavy atom. The third-order valence-corrected chi connectivity index (χ3v) is 9.77. The number of pyridine rings is 1. The van der Waals surface area contributed by atoms with Crippen LogP contribution < -0.4 is 10.6 Å². The van der Waals surface area contributed by atoms with E-state index in [1.54, 1.807) is 13.3 Å².